The normalized spacial score (nSPS) is 10.5. The highest BCUT2D eigenvalue weighted by atomic mass is 16.6. The molecule has 1 amide bonds. The zero-order valence-electron chi connectivity index (χ0n) is 12.0. The van der Waals surface area contributed by atoms with Crippen molar-refractivity contribution in [2.45, 2.75) is 0 Å². The summed E-state index contributed by atoms with van der Waals surface area (Å²) in [6.07, 6.45) is 2.22. The number of para-hydroxylation sites is 1. The predicted molar refractivity (Wildman–Crippen MR) is 80.6 cm³/mol. The van der Waals surface area contributed by atoms with Gasteiger partial charge in [0.05, 0.1) is 18.2 Å². The minimum Gasteiger partial charge on any atom is -0.504 e. The number of benzene rings is 1. The molecule has 2 N–H and O–H groups in total. The van der Waals surface area contributed by atoms with Gasteiger partial charge in [0.1, 0.15) is 11.9 Å². The number of carbonyl (C=O) groups excluding carboxylic acids is 1. The number of hydrogen-bond acceptors (Lipinski definition) is 7. The number of nitrogens with one attached hydrogen (secondary N) is 1. The van der Waals surface area contributed by atoms with E-state index in [0.29, 0.717) is 5.56 Å². The fraction of sp³-hybridized carbons (Fsp3) is 0.0714. The number of pyridine rings is 1. The number of phenols is 1. The Morgan fingerprint density at radius 3 is 2.83 bits per heavy atom. The van der Waals surface area contributed by atoms with Crippen LogP contribution in [0.2, 0.25) is 0 Å². The molecule has 2 rings (SSSR count). The first kappa shape index (κ1) is 15.9. The third kappa shape index (κ3) is 3.79. The molecule has 23 heavy (non-hydrogen) atoms. The Morgan fingerprint density at radius 2 is 2.22 bits per heavy atom. The van der Waals surface area contributed by atoms with Crippen molar-refractivity contribution in [3.63, 3.8) is 0 Å². The molecule has 0 aliphatic rings. The van der Waals surface area contributed by atoms with Crippen molar-refractivity contribution in [2.24, 2.45) is 5.10 Å². The highest BCUT2D eigenvalue weighted by molar-refractivity contribution is 5.93. The number of methoxy groups -OCH3 is 1. The molecule has 0 unspecified atom stereocenters. The van der Waals surface area contributed by atoms with E-state index in [1.165, 1.54) is 25.5 Å². The monoisotopic (exact) mass is 316 g/mol. The molecule has 0 aliphatic heterocycles. The maximum atomic E-state index is 11.8. The number of amides is 1. The summed E-state index contributed by atoms with van der Waals surface area (Å²) >= 11 is 0. The molecule has 1 aromatic carbocycles. The van der Waals surface area contributed by atoms with Crippen molar-refractivity contribution in [1.82, 2.24) is 10.4 Å². The Morgan fingerprint density at radius 1 is 1.43 bits per heavy atom. The van der Waals surface area contributed by atoms with E-state index in [1.54, 1.807) is 18.2 Å². The number of rotatable bonds is 5. The van der Waals surface area contributed by atoms with Crippen LogP contribution in [0.1, 0.15) is 16.1 Å². The van der Waals surface area contributed by atoms with Gasteiger partial charge in [0.2, 0.25) is 0 Å². The lowest BCUT2D eigenvalue weighted by Crippen LogP contribution is -2.18. The lowest BCUT2D eigenvalue weighted by atomic mass is 10.2. The van der Waals surface area contributed by atoms with Crippen LogP contribution in [0.4, 0.5) is 5.69 Å². The molecule has 1 heterocycles. The van der Waals surface area contributed by atoms with Gasteiger partial charge in [-0.15, -0.1) is 0 Å². The zero-order chi connectivity index (χ0) is 16.8. The van der Waals surface area contributed by atoms with E-state index in [9.17, 15) is 20.0 Å². The Balaban J connectivity index is 2.05. The molecule has 0 bridgehead atoms. The van der Waals surface area contributed by atoms with E-state index < -0.39 is 10.8 Å². The van der Waals surface area contributed by atoms with Crippen LogP contribution >= 0.6 is 0 Å². The van der Waals surface area contributed by atoms with Gasteiger partial charge in [0.15, 0.2) is 11.5 Å². The van der Waals surface area contributed by atoms with Gasteiger partial charge in [-0.25, -0.2) is 10.4 Å². The Kier molecular flexibility index (Phi) is 4.82. The number of aromatic nitrogens is 1. The van der Waals surface area contributed by atoms with Gasteiger partial charge in [0, 0.05) is 11.6 Å². The van der Waals surface area contributed by atoms with Gasteiger partial charge >= 0.3 is 0 Å². The summed E-state index contributed by atoms with van der Waals surface area (Å²) in [6.45, 7) is 0. The van der Waals surface area contributed by atoms with E-state index in [1.807, 2.05) is 0 Å². The molecule has 0 spiro atoms. The van der Waals surface area contributed by atoms with E-state index in [-0.39, 0.29) is 22.9 Å². The number of nitro groups is 1. The van der Waals surface area contributed by atoms with Gasteiger partial charge in [-0.3, -0.25) is 14.9 Å². The summed E-state index contributed by atoms with van der Waals surface area (Å²) in [6, 6.07) is 7.19. The number of carbonyl (C=O) groups is 1. The van der Waals surface area contributed by atoms with Crippen molar-refractivity contribution in [3.8, 4) is 11.5 Å². The SMILES string of the molecule is COc1cccc(/C=N/NC(=O)c2ccc([N+](=O)[O-])cn2)c1O. The minimum atomic E-state index is -0.640. The highest BCUT2D eigenvalue weighted by Crippen LogP contribution is 2.27. The van der Waals surface area contributed by atoms with E-state index in [2.05, 4.69) is 15.5 Å². The first-order chi connectivity index (χ1) is 11.0. The summed E-state index contributed by atoms with van der Waals surface area (Å²) in [5.41, 5.74) is 2.31. The average molecular weight is 316 g/mol. The maximum absolute atomic E-state index is 11.8. The Labute approximate surface area is 130 Å². The number of ether oxygens (including phenoxy) is 1. The molecule has 0 saturated carbocycles. The van der Waals surface area contributed by atoms with Crippen LogP contribution < -0.4 is 10.2 Å². The molecular formula is C14H12N4O5. The van der Waals surface area contributed by atoms with Gasteiger partial charge in [-0.2, -0.15) is 5.10 Å². The highest BCUT2D eigenvalue weighted by Gasteiger charge is 2.10. The van der Waals surface area contributed by atoms with Gasteiger partial charge in [-0.1, -0.05) is 6.07 Å². The van der Waals surface area contributed by atoms with Crippen molar-refractivity contribution in [3.05, 3.63) is 57.9 Å². The molecule has 2 aromatic rings. The molecule has 9 heteroatoms. The first-order valence-corrected chi connectivity index (χ1v) is 6.32. The smallest absolute Gasteiger partial charge is 0.289 e. The van der Waals surface area contributed by atoms with Crippen LogP contribution in [0.25, 0.3) is 0 Å². The lowest BCUT2D eigenvalue weighted by Gasteiger charge is -2.04. The first-order valence-electron chi connectivity index (χ1n) is 6.32. The van der Waals surface area contributed by atoms with Crippen LogP contribution in [-0.4, -0.2) is 34.2 Å². The third-order valence-electron chi connectivity index (χ3n) is 2.81. The van der Waals surface area contributed by atoms with Crippen LogP contribution in [0.5, 0.6) is 11.5 Å². The standard InChI is InChI=1S/C14H12N4O5/c1-23-12-4-2-3-9(13(12)19)7-16-17-14(20)11-6-5-10(8-15-11)18(21)22/h2-8,19H,1H3,(H,17,20)/b16-7+. The Hall–Kier alpha value is -3.49. The van der Waals surface area contributed by atoms with E-state index in [0.717, 1.165) is 6.20 Å². The second-order valence-electron chi connectivity index (χ2n) is 4.26. The molecule has 0 aliphatic carbocycles. The van der Waals surface area contributed by atoms with Crippen molar-refractivity contribution in [1.29, 1.82) is 0 Å². The summed E-state index contributed by atoms with van der Waals surface area (Å²) in [7, 11) is 1.41. The molecule has 1 aromatic heterocycles. The second-order valence-corrected chi connectivity index (χ2v) is 4.26. The molecule has 118 valence electrons. The second kappa shape index (κ2) is 6.98. The third-order valence-corrected chi connectivity index (χ3v) is 2.81. The fourth-order valence-corrected chi connectivity index (χ4v) is 1.65. The number of hydrogen-bond donors (Lipinski definition) is 2. The average Bonchev–Trinajstić information content (AvgIpc) is 2.56. The predicted octanol–water partition coefficient (Wildman–Crippen LogP) is 1.47. The lowest BCUT2D eigenvalue weighted by molar-refractivity contribution is -0.385. The summed E-state index contributed by atoms with van der Waals surface area (Å²) in [4.78, 5) is 25.3. The van der Waals surface area contributed by atoms with Gasteiger partial charge in [0.25, 0.3) is 11.6 Å². The van der Waals surface area contributed by atoms with Crippen LogP contribution in [-0.2, 0) is 0 Å². The summed E-state index contributed by atoms with van der Waals surface area (Å²) < 4.78 is 4.95. The molecule has 0 fully saturated rings. The van der Waals surface area contributed by atoms with E-state index >= 15 is 0 Å². The van der Waals surface area contributed by atoms with Crippen LogP contribution in [0, 0.1) is 10.1 Å². The quantitative estimate of drug-likeness (QED) is 0.488. The molecule has 0 radical (unpaired) electrons. The molecular weight excluding hydrogens is 304 g/mol. The number of hydrazone groups is 1. The molecule has 0 atom stereocenters. The van der Waals surface area contributed by atoms with Crippen LogP contribution in [0.15, 0.2) is 41.6 Å². The largest absolute Gasteiger partial charge is 0.504 e. The number of phenolic OH excluding ortho intramolecular Hbond substituents is 1. The maximum Gasteiger partial charge on any atom is 0.289 e. The Bertz CT molecular complexity index is 758. The zero-order valence-corrected chi connectivity index (χ0v) is 12.0. The molecule has 9 nitrogen and oxygen atoms in total. The number of nitrogens with zero attached hydrogens (tertiary/aromatic N) is 3. The van der Waals surface area contributed by atoms with E-state index in [4.69, 9.17) is 4.74 Å². The van der Waals surface area contributed by atoms with Gasteiger partial charge < -0.3 is 9.84 Å². The topological polar surface area (TPSA) is 127 Å². The number of aromatic hydroxyl groups is 1. The minimum absolute atomic E-state index is 0.0254. The molecule has 0 saturated heterocycles. The van der Waals surface area contributed by atoms with Crippen molar-refractivity contribution < 1.29 is 19.6 Å². The summed E-state index contributed by atoms with van der Waals surface area (Å²) in [5, 5.41) is 24.0. The fourth-order valence-electron chi connectivity index (χ4n) is 1.65. The summed E-state index contributed by atoms with van der Waals surface area (Å²) in [5.74, 6) is -0.475. The van der Waals surface area contributed by atoms with Crippen molar-refractivity contribution in [2.75, 3.05) is 7.11 Å². The van der Waals surface area contributed by atoms with Gasteiger partial charge in [-0.05, 0) is 18.2 Å². The van der Waals surface area contributed by atoms with Crippen molar-refractivity contribution >= 4 is 17.8 Å². The van der Waals surface area contributed by atoms with Crippen LogP contribution in [0.3, 0.4) is 0 Å².